The quantitative estimate of drug-likeness (QED) is 0.360. The summed E-state index contributed by atoms with van der Waals surface area (Å²) in [5, 5.41) is 38.0. The van der Waals surface area contributed by atoms with E-state index in [0.717, 1.165) is 51.5 Å². The van der Waals surface area contributed by atoms with Crippen LogP contribution < -0.4 is 0 Å². The lowest BCUT2D eigenvalue weighted by molar-refractivity contribution is -0.224. The third-order valence-electron chi connectivity index (χ3n) is 10.0. The van der Waals surface area contributed by atoms with Crippen LogP contribution in [0.3, 0.4) is 0 Å². The van der Waals surface area contributed by atoms with Crippen LogP contribution in [0.5, 0.6) is 0 Å². The maximum atomic E-state index is 12.1. The number of aliphatic hydroxyl groups excluding tert-OH is 1. The van der Waals surface area contributed by atoms with Gasteiger partial charge in [0.15, 0.2) is 0 Å². The summed E-state index contributed by atoms with van der Waals surface area (Å²) in [5.74, 6) is 1.24. The molecule has 0 aromatic heterocycles. The molecule has 4 fully saturated rings. The molecule has 4 rings (SSSR count). The highest BCUT2D eigenvalue weighted by Gasteiger charge is 2.71. The van der Waals surface area contributed by atoms with Gasteiger partial charge >= 0.3 is 0 Å². The van der Waals surface area contributed by atoms with Gasteiger partial charge in [0.1, 0.15) is 12.2 Å². The zero-order valence-corrected chi connectivity index (χ0v) is 19.3. The minimum Gasteiger partial charge on any atom is -0.395 e. The van der Waals surface area contributed by atoms with Crippen LogP contribution in [0.4, 0.5) is 0 Å². The molecule has 0 aromatic carbocycles. The number of rotatable bonds is 5. The Bertz CT molecular complexity index is 672. The van der Waals surface area contributed by atoms with Gasteiger partial charge in [-0.1, -0.05) is 19.0 Å². The first-order valence-corrected chi connectivity index (χ1v) is 12.0. The molecule has 0 heterocycles. The van der Waals surface area contributed by atoms with Gasteiger partial charge in [0.25, 0.3) is 0 Å². The number of fused-ring (bicyclic) bond motifs is 5. The predicted molar refractivity (Wildman–Crippen MR) is 117 cm³/mol. The Morgan fingerprint density at radius 2 is 1.77 bits per heavy atom. The smallest absolute Gasteiger partial charge is 0.129 e. The van der Waals surface area contributed by atoms with Crippen LogP contribution in [0.1, 0.15) is 71.6 Å². The summed E-state index contributed by atoms with van der Waals surface area (Å²) in [5.41, 5.74) is -2.41. The van der Waals surface area contributed by atoms with Gasteiger partial charge < -0.3 is 25.1 Å². The van der Waals surface area contributed by atoms with Crippen molar-refractivity contribution >= 4 is 6.21 Å². The molecule has 30 heavy (non-hydrogen) atoms. The van der Waals surface area contributed by atoms with Crippen LogP contribution in [0.2, 0.25) is 0 Å². The number of likely N-dealkylation sites (N-methyl/N-ethyl adjacent to an activating group) is 1. The second kappa shape index (κ2) is 7.72. The molecule has 6 heteroatoms. The van der Waals surface area contributed by atoms with Crippen molar-refractivity contribution in [2.75, 3.05) is 27.2 Å². The largest absolute Gasteiger partial charge is 0.395 e. The van der Waals surface area contributed by atoms with Gasteiger partial charge in [-0.05, 0) is 95.1 Å². The van der Waals surface area contributed by atoms with E-state index in [4.69, 9.17) is 4.84 Å². The summed E-state index contributed by atoms with van der Waals surface area (Å²) in [4.78, 5) is 7.43. The average molecular weight is 423 g/mol. The lowest BCUT2D eigenvalue weighted by Gasteiger charge is -2.64. The SMILES string of the molecule is CN(C)CCO/N=C/C1(O)CC[C@@]2(O)[C@@H]3CCC4CC(O)CC[C@]4(C)[C@@H]3CC[C@]12C. The normalized spacial score (nSPS) is 50.9. The van der Waals surface area contributed by atoms with E-state index in [9.17, 15) is 15.3 Å². The predicted octanol–water partition coefficient (Wildman–Crippen LogP) is 2.80. The van der Waals surface area contributed by atoms with E-state index in [-0.39, 0.29) is 17.4 Å². The fourth-order valence-corrected chi connectivity index (χ4v) is 7.86. The molecule has 8 atom stereocenters. The van der Waals surface area contributed by atoms with Crippen LogP contribution >= 0.6 is 0 Å². The van der Waals surface area contributed by atoms with Crippen molar-refractivity contribution in [3.63, 3.8) is 0 Å². The van der Waals surface area contributed by atoms with Crippen molar-refractivity contribution < 1.29 is 20.2 Å². The third kappa shape index (κ3) is 3.25. The zero-order valence-electron chi connectivity index (χ0n) is 19.3. The highest BCUT2D eigenvalue weighted by atomic mass is 16.6. The van der Waals surface area contributed by atoms with Gasteiger partial charge in [0.05, 0.1) is 17.9 Å². The summed E-state index contributed by atoms with van der Waals surface area (Å²) in [6.07, 6.45) is 9.32. The molecular formula is C24H42N2O4. The molecule has 0 bridgehead atoms. The number of oxime groups is 1. The number of hydrogen-bond donors (Lipinski definition) is 3. The fourth-order valence-electron chi connectivity index (χ4n) is 7.86. The molecule has 3 N–H and O–H groups in total. The highest BCUT2D eigenvalue weighted by molar-refractivity contribution is 5.71. The summed E-state index contributed by atoms with van der Waals surface area (Å²) >= 11 is 0. The Hall–Kier alpha value is -0.690. The van der Waals surface area contributed by atoms with E-state index < -0.39 is 16.6 Å². The van der Waals surface area contributed by atoms with Crippen LogP contribution in [0.25, 0.3) is 0 Å². The van der Waals surface area contributed by atoms with Crippen LogP contribution in [0, 0.1) is 28.6 Å². The van der Waals surface area contributed by atoms with Crippen molar-refractivity contribution in [1.29, 1.82) is 0 Å². The maximum Gasteiger partial charge on any atom is 0.129 e. The van der Waals surface area contributed by atoms with Gasteiger partial charge in [-0.2, -0.15) is 0 Å². The Morgan fingerprint density at radius 3 is 2.50 bits per heavy atom. The molecular weight excluding hydrogens is 380 g/mol. The maximum absolute atomic E-state index is 12.1. The standard InChI is InChI=1S/C24H42N2O4/c1-21-9-7-18(27)15-17(21)5-6-20-19(21)8-10-22(2)23(28,11-12-24(20,22)29)16-25-30-14-13-26(3)4/h16-20,27-29H,5-15H2,1-4H3/b25-16+/t17?,18?,19-,20-,21+,22-,23?,24-/m1/s1. The van der Waals surface area contributed by atoms with Crippen molar-refractivity contribution in [2.45, 2.75) is 88.9 Å². The van der Waals surface area contributed by atoms with E-state index in [1.54, 1.807) is 6.21 Å². The Labute approximate surface area is 181 Å². The lowest BCUT2D eigenvalue weighted by Crippen LogP contribution is -2.65. The molecule has 6 nitrogen and oxygen atoms in total. The molecule has 0 saturated heterocycles. The second-order valence-electron chi connectivity index (χ2n) is 11.5. The summed E-state index contributed by atoms with van der Waals surface area (Å²) in [6, 6.07) is 0. The molecule has 0 aromatic rings. The van der Waals surface area contributed by atoms with Crippen molar-refractivity contribution in [1.82, 2.24) is 4.90 Å². The molecule has 0 spiro atoms. The van der Waals surface area contributed by atoms with Gasteiger partial charge in [0.2, 0.25) is 0 Å². The van der Waals surface area contributed by atoms with Gasteiger partial charge in [-0.25, -0.2) is 0 Å². The first-order chi connectivity index (χ1) is 14.1. The zero-order chi connectivity index (χ0) is 21.8. The average Bonchev–Trinajstić information content (AvgIpc) is 2.89. The molecule has 4 aliphatic carbocycles. The first kappa shape index (κ1) is 22.5. The molecule has 0 radical (unpaired) electrons. The number of nitrogens with zero attached hydrogens (tertiary/aromatic N) is 2. The Kier molecular flexibility index (Phi) is 5.79. The minimum atomic E-state index is -1.13. The fraction of sp³-hybridized carbons (Fsp3) is 0.958. The first-order valence-electron chi connectivity index (χ1n) is 12.0. The minimum absolute atomic E-state index is 0.156. The monoisotopic (exact) mass is 422 g/mol. The summed E-state index contributed by atoms with van der Waals surface area (Å²) in [7, 11) is 3.97. The van der Waals surface area contributed by atoms with Crippen molar-refractivity contribution in [3.8, 4) is 0 Å². The van der Waals surface area contributed by atoms with Crippen LogP contribution in [0.15, 0.2) is 5.16 Å². The molecule has 3 unspecified atom stereocenters. The lowest BCUT2D eigenvalue weighted by atomic mass is 9.43. The summed E-state index contributed by atoms with van der Waals surface area (Å²) < 4.78 is 0. The number of aliphatic hydroxyl groups is 3. The molecule has 4 saturated carbocycles. The molecule has 172 valence electrons. The van der Waals surface area contributed by atoms with E-state index in [0.29, 0.717) is 31.3 Å². The van der Waals surface area contributed by atoms with Crippen LogP contribution in [-0.2, 0) is 4.84 Å². The number of hydrogen-bond acceptors (Lipinski definition) is 6. The van der Waals surface area contributed by atoms with E-state index in [1.807, 2.05) is 19.0 Å². The molecule has 4 aliphatic rings. The molecule has 0 aliphatic heterocycles. The van der Waals surface area contributed by atoms with Gasteiger partial charge in [0, 0.05) is 12.0 Å². The molecule has 0 amide bonds. The van der Waals surface area contributed by atoms with Gasteiger partial charge in [-0.15, -0.1) is 0 Å². The van der Waals surface area contributed by atoms with Crippen LogP contribution in [-0.4, -0.2) is 71.0 Å². The second-order valence-corrected chi connectivity index (χ2v) is 11.5. The topological polar surface area (TPSA) is 85.5 Å². The third-order valence-corrected chi connectivity index (χ3v) is 10.0. The Morgan fingerprint density at radius 1 is 1.00 bits per heavy atom. The highest BCUT2D eigenvalue weighted by Crippen LogP contribution is 2.69. The van der Waals surface area contributed by atoms with Gasteiger partial charge in [-0.3, -0.25) is 0 Å². The van der Waals surface area contributed by atoms with Crippen molar-refractivity contribution in [2.24, 2.45) is 33.7 Å². The Balaban J connectivity index is 1.53. The van der Waals surface area contributed by atoms with E-state index >= 15 is 0 Å². The van der Waals surface area contributed by atoms with E-state index in [1.165, 1.54) is 0 Å². The summed E-state index contributed by atoms with van der Waals surface area (Å²) in [6.45, 7) is 5.74. The van der Waals surface area contributed by atoms with Crippen molar-refractivity contribution in [3.05, 3.63) is 0 Å². The van der Waals surface area contributed by atoms with E-state index in [2.05, 4.69) is 19.0 Å².